The fraction of sp³-hybridized carbons (Fsp3) is 0.172. The molecular formula is C29H24N2O5. The second-order valence-corrected chi connectivity index (χ2v) is 8.37. The molecule has 0 atom stereocenters. The zero-order valence-corrected chi connectivity index (χ0v) is 20.2. The first-order valence-electron chi connectivity index (χ1n) is 11.8. The van der Waals surface area contributed by atoms with Crippen molar-refractivity contribution < 1.29 is 23.9 Å². The summed E-state index contributed by atoms with van der Waals surface area (Å²) >= 11 is 0. The van der Waals surface area contributed by atoms with Crippen LogP contribution in [0.1, 0.15) is 56.2 Å². The average molecular weight is 481 g/mol. The van der Waals surface area contributed by atoms with Gasteiger partial charge in [0.15, 0.2) is 0 Å². The lowest BCUT2D eigenvalue weighted by Crippen LogP contribution is -2.17. The quantitative estimate of drug-likeness (QED) is 0.180. The van der Waals surface area contributed by atoms with Crippen molar-refractivity contribution in [1.82, 2.24) is 9.38 Å². The van der Waals surface area contributed by atoms with E-state index >= 15 is 0 Å². The van der Waals surface area contributed by atoms with Crippen LogP contribution < -0.4 is 0 Å². The third-order valence-corrected chi connectivity index (χ3v) is 6.12. The molecule has 0 aliphatic rings. The van der Waals surface area contributed by atoms with Crippen molar-refractivity contribution in [2.24, 2.45) is 0 Å². The minimum absolute atomic E-state index is 0.000552. The summed E-state index contributed by atoms with van der Waals surface area (Å²) in [5, 5.41) is 1.66. The fourth-order valence-electron chi connectivity index (χ4n) is 4.53. The highest BCUT2D eigenvalue weighted by atomic mass is 16.5. The largest absolute Gasteiger partial charge is 0.462 e. The zero-order chi connectivity index (χ0) is 25.4. The van der Waals surface area contributed by atoms with E-state index < -0.39 is 17.7 Å². The Bertz CT molecular complexity index is 1670. The van der Waals surface area contributed by atoms with E-state index in [4.69, 9.17) is 9.47 Å². The Morgan fingerprint density at radius 1 is 0.806 bits per heavy atom. The minimum Gasteiger partial charge on any atom is -0.462 e. The van der Waals surface area contributed by atoms with Crippen LogP contribution in [-0.4, -0.2) is 40.3 Å². The predicted molar refractivity (Wildman–Crippen MR) is 137 cm³/mol. The van der Waals surface area contributed by atoms with E-state index in [0.717, 1.165) is 16.3 Å². The Morgan fingerprint density at radius 3 is 2.14 bits per heavy atom. The van der Waals surface area contributed by atoms with Crippen LogP contribution in [0.2, 0.25) is 0 Å². The van der Waals surface area contributed by atoms with Crippen LogP contribution in [0.25, 0.3) is 27.3 Å². The summed E-state index contributed by atoms with van der Waals surface area (Å²) in [5.41, 5.74) is 2.93. The Morgan fingerprint density at radius 2 is 1.44 bits per heavy atom. The van der Waals surface area contributed by atoms with Gasteiger partial charge in [0.25, 0.3) is 0 Å². The molecule has 0 amide bonds. The Balaban J connectivity index is 2.00. The summed E-state index contributed by atoms with van der Waals surface area (Å²) in [6.07, 6.45) is 1.67. The molecule has 0 aliphatic heterocycles. The van der Waals surface area contributed by atoms with Crippen LogP contribution in [-0.2, 0) is 9.47 Å². The highest BCUT2D eigenvalue weighted by molar-refractivity contribution is 6.21. The number of aryl methyl sites for hydroxylation is 1. The highest BCUT2D eigenvalue weighted by Gasteiger charge is 2.34. The number of aromatic nitrogens is 2. The molecule has 2 aromatic carbocycles. The zero-order valence-electron chi connectivity index (χ0n) is 20.2. The summed E-state index contributed by atoms with van der Waals surface area (Å²) in [5.74, 6) is -1.88. The van der Waals surface area contributed by atoms with E-state index in [1.165, 1.54) is 0 Å². The number of carbonyl (C=O) groups is 3. The van der Waals surface area contributed by atoms with E-state index in [1.54, 1.807) is 42.6 Å². The van der Waals surface area contributed by atoms with Crippen molar-refractivity contribution in [1.29, 1.82) is 0 Å². The number of rotatable bonds is 6. The molecule has 0 radical (unpaired) electrons. The van der Waals surface area contributed by atoms with E-state index in [0.29, 0.717) is 22.1 Å². The topological polar surface area (TPSA) is 87.0 Å². The third kappa shape index (κ3) is 3.69. The number of carbonyl (C=O) groups excluding carboxylic acids is 3. The standard InChI is InChI=1S/C29H24N2O5/c1-4-35-28(33)22-21-15-14-19-13-12-18-7-6-16-30-24(18)25(19)31(21)26(23(22)29(34)36-5-2)27(32)20-10-8-17(3)9-11-20/h6-16H,4-5H2,1-3H3. The van der Waals surface area contributed by atoms with Gasteiger partial charge in [-0.1, -0.05) is 54.1 Å². The fourth-order valence-corrected chi connectivity index (χ4v) is 4.53. The molecule has 36 heavy (non-hydrogen) atoms. The van der Waals surface area contributed by atoms with Gasteiger partial charge in [-0.05, 0) is 32.9 Å². The molecule has 0 saturated heterocycles. The molecule has 0 fully saturated rings. The summed E-state index contributed by atoms with van der Waals surface area (Å²) in [7, 11) is 0. The Hall–Kier alpha value is -4.52. The first kappa shape index (κ1) is 23.2. The van der Waals surface area contributed by atoms with E-state index in [1.807, 2.05) is 49.4 Å². The molecule has 0 N–H and O–H groups in total. The number of hydrogen-bond donors (Lipinski definition) is 0. The number of esters is 2. The lowest BCUT2D eigenvalue weighted by atomic mass is 10.0. The number of pyridine rings is 2. The molecule has 0 saturated carbocycles. The molecule has 3 heterocycles. The summed E-state index contributed by atoms with van der Waals surface area (Å²) in [6.45, 7) is 5.47. The predicted octanol–water partition coefficient (Wildman–Crippen LogP) is 5.53. The molecule has 7 heteroatoms. The number of benzene rings is 2. The first-order valence-corrected chi connectivity index (χ1v) is 11.8. The molecule has 5 rings (SSSR count). The Kier molecular flexibility index (Phi) is 5.98. The van der Waals surface area contributed by atoms with Crippen LogP contribution in [0.4, 0.5) is 0 Å². The number of ketones is 1. The maximum Gasteiger partial charge on any atom is 0.341 e. The smallest absolute Gasteiger partial charge is 0.341 e. The summed E-state index contributed by atoms with van der Waals surface area (Å²) in [6, 6.07) is 18.2. The Labute approximate surface area is 207 Å². The van der Waals surface area contributed by atoms with Gasteiger partial charge in [-0.15, -0.1) is 0 Å². The second kappa shape index (κ2) is 9.26. The van der Waals surface area contributed by atoms with Crippen molar-refractivity contribution in [3.63, 3.8) is 0 Å². The van der Waals surface area contributed by atoms with Gasteiger partial charge in [0, 0.05) is 22.5 Å². The van der Waals surface area contributed by atoms with Crippen molar-refractivity contribution in [3.8, 4) is 0 Å². The molecule has 3 aromatic heterocycles. The lowest BCUT2D eigenvalue weighted by Gasteiger charge is -2.11. The maximum atomic E-state index is 14.1. The summed E-state index contributed by atoms with van der Waals surface area (Å²) in [4.78, 5) is 45.2. The van der Waals surface area contributed by atoms with E-state index in [2.05, 4.69) is 4.98 Å². The van der Waals surface area contributed by atoms with Crippen LogP contribution in [0, 0.1) is 6.92 Å². The van der Waals surface area contributed by atoms with Crippen LogP contribution in [0.5, 0.6) is 0 Å². The van der Waals surface area contributed by atoms with Gasteiger partial charge in [0.1, 0.15) is 16.8 Å². The van der Waals surface area contributed by atoms with Gasteiger partial charge < -0.3 is 13.9 Å². The number of fused-ring (bicyclic) bond motifs is 5. The molecule has 0 spiro atoms. The number of hydrogen-bond acceptors (Lipinski definition) is 6. The van der Waals surface area contributed by atoms with Crippen LogP contribution >= 0.6 is 0 Å². The van der Waals surface area contributed by atoms with E-state index in [9.17, 15) is 14.4 Å². The second-order valence-electron chi connectivity index (χ2n) is 8.37. The molecule has 5 aromatic rings. The first-order chi connectivity index (χ1) is 17.5. The van der Waals surface area contributed by atoms with Crippen LogP contribution in [0.15, 0.2) is 66.9 Å². The molecule has 7 nitrogen and oxygen atoms in total. The van der Waals surface area contributed by atoms with Crippen molar-refractivity contribution in [2.45, 2.75) is 20.8 Å². The monoisotopic (exact) mass is 480 g/mol. The number of ether oxygens (including phenoxy) is 2. The normalized spacial score (nSPS) is 11.2. The molecule has 0 aliphatic carbocycles. The third-order valence-electron chi connectivity index (χ3n) is 6.12. The van der Waals surface area contributed by atoms with Gasteiger partial charge in [-0.25, -0.2) is 9.59 Å². The summed E-state index contributed by atoms with van der Waals surface area (Å²) < 4.78 is 12.3. The molecule has 0 bridgehead atoms. The van der Waals surface area contributed by atoms with Gasteiger partial charge in [-0.3, -0.25) is 9.78 Å². The number of nitrogens with zero attached hydrogens (tertiary/aromatic N) is 2. The lowest BCUT2D eigenvalue weighted by molar-refractivity contribution is 0.0480. The SMILES string of the molecule is CCOC(=O)c1c(C(=O)OCC)c2ccc3ccc4cccnc4c3n2c1C(=O)c1ccc(C)cc1. The van der Waals surface area contributed by atoms with Crippen molar-refractivity contribution in [3.05, 3.63) is 94.8 Å². The molecular weight excluding hydrogens is 456 g/mol. The van der Waals surface area contributed by atoms with E-state index in [-0.39, 0.29) is 30.0 Å². The maximum absolute atomic E-state index is 14.1. The van der Waals surface area contributed by atoms with Gasteiger partial charge >= 0.3 is 11.9 Å². The molecule has 0 unspecified atom stereocenters. The van der Waals surface area contributed by atoms with Gasteiger partial charge in [-0.2, -0.15) is 0 Å². The minimum atomic E-state index is -0.763. The van der Waals surface area contributed by atoms with Gasteiger partial charge in [0.05, 0.1) is 29.8 Å². The molecule has 180 valence electrons. The van der Waals surface area contributed by atoms with Gasteiger partial charge in [0.2, 0.25) is 5.78 Å². The average Bonchev–Trinajstić information content (AvgIpc) is 3.24. The van der Waals surface area contributed by atoms with Crippen molar-refractivity contribution >= 4 is 45.0 Å². The van der Waals surface area contributed by atoms with Crippen molar-refractivity contribution in [2.75, 3.05) is 13.2 Å². The highest BCUT2D eigenvalue weighted by Crippen LogP contribution is 2.34. The van der Waals surface area contributed by atoms with Crippen LogP contribution in [0.3, 0.4) is 0 Å².